The van der Waals surface area contributed by atoms with E-state index in [1.54, 1.807) is 24.0 Å². The quantitative estimate of drug-likeness (QED) is 0.542. The summed E-state index contributed by atoms with van der Waals surface area (Å²) in [6, 6.07) is 4.88. The number of nitrogens with zero attached hydrogens (tertiary/aromatic N) is 4. The molecule has 0 aliphatic carbocycles. The molecule has 2 amide bonds. The van der Waals surface area contributed by atoms with Crippen LogP contribution in [0.15, 0.2) is 37.2 Å². The van der Waals surface area contributed by atoms with Gasteiger partial charge in [-0.1, -0.05) is 18.2 Å². The number of rotatable bonds is 5. The van der Waals surface area contributed by atoms with E-state index in [2.05, 4.69) is 26.8 Å². The topological polar surface area (TPSA) is 118 Å². The van der Waals surface area contributed by atoms with E-state index in [-0.39, 0.29) is 35.8 Å². The lowest BCUT2D eigenvalue weighted by Crippen LogP contribution is -2.50. The standard InChI is InChI=1S/C20H22ClN5O4/c1-4-19(28)26-8-16(11(2)27)30-17(9-26)12-5-14(25-18(21)6-12)13-7-15(20(29)22-3)24-10-23-13/h4-7,10-11,16-17,27H,1,8-9H2,2-3H3,(H,22,29)/t11?,16-,17?/m1/s1. The Morgan fingerprint density at radius 1 is 1.33 bits per heavy atom. The van der Waals surface area contributed by atoms with Gasteiger partial charge in [-0.25, -0.2) is 15.0 Å². The summed E-state index contributed by atoms with van der Waals surface area (Å²) in [4.78, 5) is 38.0. The van der Waals surface area contributed by atoms with Gasteiger partial charge in [0, 0.05) is 13.6 Å². The number of aliphatic hydroxyl groups excluding tert-OH is 1. The molecule has 3 atom stereocenters. The van der Waals surface area contributed by atoms with Crippen molar-refractivity contribution in [2.75, 3.05) is 20.1 Å². The molecule has 3 heterocycles. The molecule has 0 aromatic carbocycles. The van der Waals surface area contributed by atoms with Crippen LogP contribution < -0.4 is 5.32 Å². The summed E-state index contributed by atoms with van der Waals surface area (Å²) < 4.78 is 6.02. The average Bonchev–Trinajstić information content (AvgIpc) is 2.77. The van der Waals surface area contributed by atoms with Crippen molar-refractivity contribution < 1.29 is 19.4 Å². The van der Waals surface area contributed by atoms with Crippen molar-refractivity contribution in [1.82, 2.24) is 25.2 Å². The van der Waals surface area contributed by atoms with E-state index in [1.165, 1.54) is 25.5 Å². The maximum atomic E-state index is 12.2. The van der Waals surface area contributed by atoms with E-state index in [0.29, 0.717) is 17.0 Å². The summed E-state index contributed by atoms with van der Waals surface area (Å²) >= 11 is 6.24. The van der Waals surface area contributed by atoms with Gasteiger partial charge in [0.25, 0.3) is 5.91 Å². The van der Waals surface area contributed by atoms with Crippen LogP contribution in [-0.2, 0) is 9.53 Å². The third-order valence-electron chi connectivity index (χ3n) is 4.73. The predicted molar refractivity (Wildman–Crippen MR) is 110 cm³/mol. The zero-order chi connectivity index (χ0) is 21.8. The molecule has 1 aliphatic heterocycles. The van der Waals surface area contributed by atoms with Crippen molar-refractivity contribution in [2.24, 2.45) is 0 Å². The van der Waals surface area contributed by atoms with Crippen LogP contribution >= 0.6 is 11.6 Å². The van der Waals surface area contributed by atoms with E-state index in [9.17, 15) is 14.7 Å². The number of pyridine rings is 1. The highest BCUT2D eigenvalue weighted by Gasteiger charge is 2.33. The molecule has 0 saturated carbocycles. The summed E-state index contributed by atoms with van der Waals surface area (Å²) in [5.41, 5.74) is 1.69. The number of ether oxygens (including phenoxy) is 1. The molecule has 0 spiro atoms. The Morgan fingerprint density at radius 3 is 2.77 bits per heavy atom. The molecule has 158 valence electrons. The number of aliphatic hydroxyl groups is 1. The minimum Gasteiger partial charge on any atom is -0.391 e. The number of hydrogen-bond acceptors (Lipinski definition) is 7. The maximum absolute atomic E-state index is 12.2. The number of halogens is 1. The largest absolute Gasteiger partial charge is 0.391 e. The summed E-state index contributed by atoms with van der Waals surface area (Å²) in [7, 11) is 1.51. The fourth-order valence-corrected chi connectivity index (χ4v) is 3.35. The Hall–Kier alpha value is -2.88. The van der Waals surface area contributed by atoms with E-state index in [0.717, 1.165) is 0 Å². The molecule has 1 fully saturated rings. The number of carbonyl (C=O) groups excluding carboxylic acids is 2. The zero-order valence-electron chi connectivity index (χ0n) is 16.6. The first-order chi connectivity index (χ1) is 14.3. The summed E-state index contributed by atoms with van der Waals surface area (Å²) in [6.45, 7) is 5.66. The number of morpholine rings is 1. The van der Waals surface area contributed by atoms with Crippen molar-refractivity contribution in [1.29, 1.82) is 0 Å². The van der Waals surface area contributed by atoms with Crippen molar-refractivity contribution >= 4 is 23.4 Å². The highest BCUT2D eigenvalue weighted by molar-refractivity contribution is 6.29. The average molecular weight is 432 g/mol. The number of carbonyl (C=O) groups is 2. The van der Waals surface area contributed by atoms with Crippen LogP contribution in [0.25, 0.3) is 11.4 Å². The van der Waals surface area contributed by atoms with Gasteiger partial charge in [0.15, 0.2) is 0 Å². The van der Waals surface area contributed by atoms with Gasteiger partial charge < -0.3 is 20.1 Å². The first-order valence-corrected chi connectivity index (χ1v) is 9.67. The second-order valence-electron chi connectivity index (χ2n) is 6.83. The van der Waals surface area contributed by atoms with Gasteiger partial charge in [-0.3, -0.25) is 9.59 Å². The normalized spacial score (nSPS) is 19.8. The second kappa shape index (κ2) is 9.29. The molecule has 9 nitrogen and oxygen atoms in total. The van der Waals surface area contributed by atoms with Crippen LogP contribution in [0.3, 0.4) is 0 Å². The number of aromatic nitrogens is 3. The minimum atomic E-state index is -0.776. The molecule has 3 rings (SSSR count). The fraction of sp³-hybridized carbons (Fsp3) is 0.350. The number of hydrogen-bond donors (Lipinski definition) is 2. The van der Waals surface area contributed by atoms with Gasteiger partial charge in [0.1, 0.15) is 29.4 Å². The first kappa shape index (κ1) is 21.8. The highest BCUT2D eigenvalue weighted by Crippen LogP contribution is 2.30. The van der Waals surface area contributed by atoms with Gasteiger partial charge in [0.2, 0.25) is 5.91 Å². The molecular weight excluding hydrogens is 410 g/mol. The van der Waals surface area contributed by atoms with Crippen molar-refractivity contribution in [3.05, 3.63) is 53.6 Å². The molecule has 0 bridgehead atoms. The molecule has 10 heteroatoms. The Labute approximate surface area is 178 Å². The third-order valence-corrected chi connectivity index (χ3v) is 4.92. The molecule has 0 radical (unpaired) electrons. The van der Waals surface area contributed by atoms with Crippen LogP contribution in [0.2, 0.25) is 5.15 Å². The van der Waals surface area contributed by atoms with E-state index >= 15 is 0 Å². The summed E-state index contributed by atoms with van der Waals surface area (Å²) in [6.07, 6.45) is 0.617. The zero-order valence-corrected chi connectivity index (χ0v) is 17.3. The maximum Gasteiger partial charge on any atom is 0.269 e. The lowest BCUT2D eigenvalue weighted by atomic mass is 10.0. The van der Waals surface area contributed by atoms with Crippen LogP contribution in [-0.4, -0.2) is 69.1 Å². The van der Waals surface area contributed by atoms with E-state index in [1.807, 2.05) is 0 Å². The van der Waals surface area contributed by atoms with Gasteiger partial charge in [-0.15, -0.1) is 0 Å². The second-order valence-corrected chi connectivity index (χ2v) is 7.21. The molecule has 2 aromatic rings. The van der Waals surface area contributed by atoms with Crippen molar-refractivity contribution in [3.8, 4) is 11.4 Å². The van der Waals surface area contributed by atoms with Crippen LogP contribution in [0.5, 0.6) is 0 Å². The van der Waals surface area contributed by atoms with Gasteiger partial charge >= 0.3 is 0 Å². The molecule has 30 heavy (non-hydrogen) atoms. The highest BCUT2D eigenvalue weighted by atomic mass is 35.5. The Bertz CT molecular complexity index is 968. The predicted octanol–water partition coefficient (Wildman–Crippen LogP) is 1.39. The van der Waals surface area contributed by atoms with Gasteiger partial charge in [-0.2, -0.15) is 0 Å². The SMILES string of the molecule is C=CC(=O)N1CC(c2cc(Cl)nc(-c3cc(C(=O)NC)ncn3)c2)O[C@@H](C(C)O)C1. The third kappa shape index (κ3) is 4.81. The van der Waals surface area contributed by atoms with E-state index in [4.69, 9.17) is 16.3 Å². The molecule has 1 saturated heterocycles. The number of nitrogens with one attached hydrogen (secondary N) is 1. The Morgan fingerprint density at radius 2 is 2.10 bits per heavy atom. The molecule has 2 unspecified atom stereocenters. The lowest BCUT2D eigenvalue weighted by Gasteiger charge is -2.39. The molecule has 2 N–H and O–H groups in total. The monoisotopic (exact) mass is 431 g/mol. The van der Waals surface area contributed by atoms with Crippen molar-refractivity contribution in [3.63, 3.8) is 0 Å². The van der Waals surface area contributed by atoms with Crippen LogP contribution in [0.1, 0.15) is 29.1 Å². The smallest absolute Gasteiger partial charge is 0.269 e. The van der Waals surface area contributed by atoms with Gasteiger partial charge in [-0.05, 0) is 36.8 Å². The lowest BCUT2D eigenvalue weighted by molar-refractivity contribution is -0.152. The minimum absolute atomic E-state index is 0.191. The first-order valence-electron chi connectivity index (χ1n) is 9.29. The van der Waals surface area contributed by atoms with Crippen LogP contribution in [0.4, 0.5) is 0 Å². The van der Waals surface area contributed by atoms with E-state index < -0.39 is 18.3 Å². The summed E-state index contributed by atoms with van der Waals surface area (Å²) in [5.74, 6) is -0.602. The fourth-order valence-electron chi connectivity index (χ4n) is 3.13. The summed E-state index contributed by atoms with van der Waals surface area (Å²) in [5, 5.41) is 12.7. The van der Waals surface area contributed by atoms with Crippen LogP contribution in [0, 0.1) is 0 Å². The van der Waals surface area contributed by atoms with Crippen molar-refractivity contribution in [2.45, 2.75) is 25.2 Å². The Balaban J connectivity index is 1.97. The molecule has 1 aliphatic rings. The van der Waals surface area contributed by atoms with Gasteiger partial charge in [0.05, 0.1) is 24.0 Å². The molecule has 2 aromatic heterocycles. The number of amides is 2. The Kier molecular flexibility index (Phi) is 6.76. The molecular formula is C20H22ClN5O4.